The molecular formula is C9H10FN5O3. The number of aromatic nitrogens is 5. The predicted octanol–water partition coefficient (Wildman–Crippen LogP) is -0.444. The van der Waals surface area contributed by atoms with Gasteiger partial charge in [0.15, 0.2) is 5.65 Å². The van der Waals surface area contributed by atoms with Gasteiger partial charge >= 0.3 is 5.97 Å². The van der Waals surface area contributed by atoms with E-state index >= 15 is 0 Å². The van der Waals surface area contributed by atoms with Crippen molar-refractivity contribution >= 4 is 17.0 Å². The van der Waals surface area contributed by atoms with Crippen molar-refractivity contribution in [1.82, 2.24) is 24.8 Å². The summed E-state index contributed by atoms with van der Waals surface area (Å²) in [5.74, 6) is -1.18. The van der Waals surface area contributed by atoms with Crippen molar-refractivity contribution in [2.75, 3.05) is 6.61 Å². The Hall–Kier alpha value is -2.32. The minimum absolute atomic E-state index is 0.0105. The molecule has 0 fully saturated rings. The fraction of sp³-hybridized carbons (Fsp3) is 0.444. The zero-order valence-corrected chi connectivity index (χ0v) is 9.70. The van der Waals surface area contributed by atoms with Crippen LogP contribution in [0.15, 0.2) is 11.0 Å². The van der Waals surface area contributed by atoms with Gasteiger partial charge in [0.2, 0.25) is 0 Å². The monoisotopic (exact) mass is 255 g/mol. The first-order valence-corrected chi connectivity index (χ1v) is 5.14. The molecule has 8 nitrogen and oxygen atoms in total. The molecule has 0 N–H and O–H groups in total. The molecule has 0 bridgehead atoms. The zero-order valence-electron chi connectivity index (χ0n) is 9.70. The molecule has 2 aromatic heterocycles. The number of fused-ring (bicyclic) bond motifs is 1. The molecule has 1 unspecified atom stereocenters. The normalized spacial score (nSPS) is 12.6. The molecule has 2 rings (SSSR count). The van der Waals surface area contributed by atoms with E-state index in [9.17, 15) is 14.0 Å². The highest BCUT2D eigenvalue weighted by Crippen LogP contribution is 2.08. The van der Waals surface area contributed by atoms with Crippen molar-refractivity contribution in [2.24, 2.45) is 7.05 Å². The van der Waals surface area contributed by atoms with E-state index in [0.717, 1.165) is 0 Å². The molecular weight excluding hydrogens is 245 g/mol. The van der Waals surface area contributed by atoms with Gasteiger partial charge in [0.05, 0.1) is 12.8 Å². The lowest BCUT2D eigenvalue weighted by Crippen LogP contribution is -2.31. The number of esters is 1. The van der Waals surface area contributed by atoms with Gasteiger partial charge in [0.25, 0.3) is 11.9 Å². The van der Waals surface area contributed by atoms with Gasteiger partial charge in [-0.25, -0.2) is 13.9 Å². The quantitative estimate of drug-likeness (QED) is 0.690. The molecule has 0 radical (unpaired) electrons. The first kappa shape index (κ1) is 12.1. The summed E-state index contributed by atoms with van der Waals surface area (Å²) < 4.78 is 19.8. The van der Waals surface area contributed by atoms with Crippen molar-refractivity contribution in [3.8, 4) is 0 Å². The van der Waals surface area contributed by atoms with E-state index in [0.29, 0.717) is 4.68 Å². The number of carbonyl (C=O) groups is 1. The maximum Gasteiger partial charge on any atom is 0.364 e. The molecule has 0 aliphatic heterocycles. The highest BCUT2D eigenvalue weighted by atomic mass is 19.1. The van der Waals surface area contributed by atoms with Crippen molar-refractivity contribution in [3.63, 3.8) is 0 Å². The topological polar surface area (TPSA) is 91.9 Å². The van der Waals surface area contributed by atoms with E-state index in [4.69, 9.17) is 0 Å². The number of halogens is 1. The summed E-state index contributed by atoms with van der Waals surface area (Å²) in [6.07, 6.45) is -1.07. The predicted molar refractivity (Wildman–Crippen MR) is 57.3 cm³/mol. The Labute approximate surface area is 100.0 Å². The molecule has 96 valence electrons. The van der Waals surface area contributed by atoms with E-state index < -0.39 is 17.8 Å². The van der Waals surface area contributed by atoms with Crippen molar-refractivity contribution in [3.05, 3.63) is 16.6 Å². The van der Waals surface area contributed by atoms with Crippen LogP contribution >= 0.6 is 0 Å². The van der Waals surface area contributed by atoms with Crippen LogP contribution in [0.4, 0.5) is 4.39 Å². The summed E-state index contributed by atoms with van der Waals surface area (Å²) in [5.41, 5.74) is -0.569. The third kappa shape index (κ3) is 1.83. The van der Waals surface area contributed by atoms with Gasteiger partial charge in [-0.1, -0.05) is 5.21 Å². The molecule has 0 saturated carbocycles. The number of hydrogen-bond donors (Lipinski definition) is 0. The number of ether oxygens (including phenoxy) is 1. The summed E-state index contributed by atoms with van der Waals surface area (Å²) in [4.78, 5) is 23.0. The second-order valence-corrected chi connectivity index (χ2v) is 3.43. The number of aryl methyl sites for hydroxylation is 1. The minimum Gasteiger partial charge on any atom is -0.462 e. The number of nitrogens with zero attached hydrogens (tertiary/aromatic N) is 5. The largest absolute Gasteiger partial charge is 0.462 e. The lowest BCUT2D eigenvalue weighted by molar-refractivity contribution is -0.153. The highest BCUT2D eigenvalue weighted by molar-refractivity contribution is 5.74. The molecule has 1 atom stereocenters. The first-order chi connectivity index (χ1) is 8.56. The molecule has 2 heterocycles. The maximum atomic E-state index is 13.7. The van der Waals surface area contributed by atoms with E-state index in [-0.39, 0.29) is 17.6 Å². The fourth-order valence-corrected chi connectivity index (χ4v) is 1.41. The molecule has 9 heteroatoms. The summed E-state index contributed by atoms with van der Waals surface area (Å²) in [6.45, 7) is 1.54. The third-order valence-corrected chi connectivity index (χ3v) is 2.28. The lowest BCUT2D eigenvalue weighted by Gasteiger charge is -2.08. The SMILES string of the molecule is CCOC(=O)C(F)n1nnc2c(cnn2C)c1=O. The Bertz CT molecular complexity index is 649. The van der Waals surface area contributed by atoms with Gasteiger partial charge in [-0.15, -0.1) is 5.10 Å². The Morgan fingerprint density at radius 1 is 1.61 bits per heavy atom. The van der Waals surface area contributed by atoms with Crippen LogP contribution in [0.2, 0.25) is 0 Å². The van der Waals surface area contributed by atoms with Crippen LogP contribution in [-0.2, 0) is 16.6 Å². The Morgan fingerprint density at radius 3 is 3.00 bits per heavy atom. The van der Waals surface area contributed by atoms with Gasteiger partial charge in [-0.2, -0.15) is 9.78 Å². The van der Waals surface area contributed by atoms with E-state index in [1.807, 2.05) is 0 Å². The Kier molecular flexibility index (Phi) is 3.04. The van der Waals surface area contributed by atoms with E-state index in [1.165, 1.54) is 17.8 Å². The van der Waals surface area contributed by atoms with Crippen LogP contribution in [0.5, 0.6) is 0 Å². The molecule has 0 amide bonds. The Balaban J connectivity index is 2.49. The van der Waals surface area contributed by atoms with Crippen LogP contribution in [0.1, 0.15) is 13.2 Å². The fourth-order valence-electron chi connectivity index (χ4n) is 1.41. The number of alkyl halides is 1. The molecule has 0 aromatic carbocycles. The van der Waals surface area contributed by atoms with Crippen LogP contribution in [0.3, 0.4) is 0 Å². The van der Waals surface area contributed by atoms with Gasteiger partial charge in [-0.3, -0.25) is 4.79 Å². The minimum atomic E-state index is -2.31. The van der Waals surface area contributed by atoms with Crippen LogP contribution < -0.4 is 5.56 Å². The van der Waals surface area contributed by atoms with Gasteiger partial charge in [-0.05, 0) is 6.92 Å². The van der Waals surface area contributed by atoms with Crippen LogP contribution in [-0.4, -0.2) is 37.4 Å². The summed E-state index contributed by atoms with van der Waals surface area (Å²) in [5, 5.41) is 10.9. The van der Waals surface area contributed by atoms with Crippen LogP contribution in [0.25, 0.3) is 11.0 Å². The van der Waals surface area contributed by atoms with Gasteiger partial charge in [0, 0.05) is 7.05 Å². The lowest BCUT2D eigenvalue weighted by atomic mass is 10.4. The maximum absolute atomic E-state index is 13.7. The standard InChI is InChI=1S/C9H10FN5O3/c1-3-18-9(17)6(10)15-8(16)5-4-11-14(2)7(5)12-13-15/h4,6H,3H2,1-2H3. The van der Waals surface area contributed by atoms with Crippen molar-refractivity contribution in [2.45, 2.75) is 13.2 Å². The second-order valence-electron chi connectivity index (χ2n) is 3.43. The summed E-state index contributed by atoms with van der Waals surface area (Å²) >= 11 is 0. The molecule has 0 aliphatic rings. The highest BCUT2D eigenvalue weighted by Gasteiger charge is 2.25. The average molecular weight is 255 g/mol. The van der Waals surface area contributed by atoms with Gasteiger partial charge in [0.1, 0.15) is 5.39 Å². The summed E-state index contributed by atoms with van der Waals surface area (Å²) in [7, 11) is 1.57. The van der Waals surface area contributed by atoms with Crippen molar-refractivity contribution < 1.29 is 13.9 Å². The van der Waals surface area contributed by atoms with Crippen LogP contribution in [0, 0.1) is 0 Å². The summed E-state index contributed by atoms with van der Waals surface area (Å²) in [6, 6.07) is 0. The van der Waals surface area contributed by atoms with Gasteiger partial charge < -0.3 is 4.74 Å². The first-order valence-electron chi connectivity index (χ1n) is 5.14. The molecule has 0 spiro atoms. The molecule has 18 heavy (non-hydrogen) atoms. The molecule has 0 saturated heterocycles. The molecule has 2 aromatic rings. The van der Waals surface area contributed by atoms with Crippen molar-refractivity contribution in [1.29, 1.82) is 0 Å². The zero-order chi connectivity index (χ0) is 13.3. The third-order valence-electron chi connectivity index (χ3n) is 2.28. The second kappa shape index (κ2) is 4.51. The smallest absolute Gasteiger partial charge is 0.364 e. The van der Waals surface area contributed by atoms with E-state index in [1.54, 1.807) is 7.05 Å². The number of carbonyl (C=O) groups excluding carboxylic acids is 1. The number of rotatable bonds is 3. The number of hydrogen-bond acceptors (Lipinski definition) is 6. The molecule has 0 aliphatic carbocycles. The average Bonchev–Trinajstić information content (AvgIpc) is 2.72. The van der Waals surface area contributed by atoms with E-state index in [2.05, 4.69) is 20.1 Å². The Morgan fingerprint density at radius 2 is 2.33 bits per heavy atom.